The highest BCUT2D eigenvalue weighted by Crippen LogP contribution is 2.40. The Labute approximate surface area is 362 Å². The molecule has 4 fully saturated rings. The molecule has 0 bridgehead atoms. The first-order valence-electron chi connectivity index (χ1n) is 22.4. The maximum atomic E-state index is 13.9. The van der Waals surface area contributed by atoms with Gasteiger partial charge in [-0.1, -0.05) is 50.7 Å². The summed E-state index contributed by atoms with van der Waals surface area (Å²) in [5, 5.41) is 84.0. The molecule has 62 heavy (non-hydrogen) atoms. The van der Waals surface area contributed by atoms with E-state index in [9.17, 15) is 45.0 Å². The monoisotopic (exact) mass is 886 g/mol. The molecule has 20 nitrogen and oxygen atoms in total. The van der Waals surface area contributed by atoms with Crippen molar-refractivity contribution in [2.45, 2.75) is 190 Å². The lowest BCUT2D eigenvalue weighted by molar-refractivity contribution is -0.338. The van der Waals surface area contributed by atoms with Crippen LogP contribution in [0.2, 0.25) is 0 Å². The Kier molecular flexibility index (Phi) is 19.9. The van der Waals surface area contributed by atoms with Crippen LogP contribution in [0, 0.1) is 17.8 Å². The minimum Gasteiger partial charge on any atom is -0.479 e. The molecule has 8 N–H and O–H groups in total. The van der Waals surface area contributed by atoms with Gasteiger partial charge < -0.3 is 69.5 Å². The summed E-state index contributed by atoms with van der Waals surface area (Å²) in [5.41, 5.74) is 0.780. The SMILES string of the molecule is CCC1CC(C(=O)CCCOCCn2cc(CCCO)nn2)C[C@@H](O[C@@H]2O[C@@H](CO)[C@H](O)C(O[C@@H](CC3CCCCC3)C(=O)O)C2NC(C)=O)[C@@H]1O[C@@H]1OC(C)[C@@H](O)[C@H](O)C1O. The number of hydrogen-bond acceptors (Lipinski definition) is 17. The third-order valence-corrected chi connectivity index (χ3v) is 12.8. The summed E-state index contributed by atoms with van der Waals surface area (Å²) < 4.78 is 38.7. The Morgan fingerprint density at radius 1 is 0.935 bits per heavy atom. The molecule has 5 rings (SSSR count). The zero-order valence-corrected chi connectivity index (χ0v) is 36.2. The van der Waals surface area contributed by atoms with E-state index < -0.39 is 104 Å². The number of amides is 1. The average Bonchev–Trinajstić information content (AvgIpc) is 3.71. The first-order chi connectivity index (χ1) is 29.7. The van der Waals surface area contributed by atoms with Crippen LogP contribution in [-0.4, -0.2) is 174 Å². The van der Waals surface area contributed by atoms with Gasteiger partial charge in [0.1, 0.15) is 48.4 Å². The molecule has 2 aliphatic carbocycles. The molecule has 2 saturated heterocycles. The number of Topliss-reactive ketones (excluding diaryl/α,β-unsaturated/α-hetero) is 1. The fraction of sp³-hybridized carbons (Fsp3) is 0.881. The molecule has 2 saturated carbocycles. The Balaban J connectivity index is 1.33. The molecule has 4 aliphatic rings. The minimum absolute atomic E-state index is 0.0510. The number of aryl methyl sites for hydroxylation is 1. The van der Waals surface area contributed by atoms with Crippen molar-refractivity contribution in [3.05, 3.63) is 11.9 Å². The Hall–Kier alpha value is -2.73. The molecule has 0 aromatic carbocycles. The maximum Gasteiger partial charge on any atom is 0.332 e. The molecule has 6 unspecified atom stereocenters. The molecule has 1 aromatic heterocycles. The van der Waals surface area contributed by atoms with E-state index in [0.29, 0.717) is 51.9 Å². The molecule has 0 radical (unpaired) electrons. The van der Waals surface area contributed by atoms with Gasteiger partial charge in [0.15, 0.2) is 18.7 Å². The highest BCUT2D eigenvalue weighted by Gasteiger charge is 2.52. The van der Waals surface area contributed by atoms with E-state index >= 15 is 0 Å². The zero-order chi connectivity index (χ0) is 44.9. The Bertz CT molecular complexity index is 1530. The van der Waals surface area contributed by atoms with E-state index in [4.69, 9.17) is 33.5 Å². The molecule has 2 aliphatic heterocycles. The standard InChI is InChI=1S/C42H70N4O16/c1-4-26-19-27(29(50)13-9-16-57-17-14-46-21-28(44-45-46)12-8-15-47)20-30(38(26)62-42-37(54)36(53)34(51)23(2)58-42)60-41-33(43-24(3)49)39(35(52)32(22-48)61-41)59-31(40(55)56)18-25-10-6-5-7-11-25/h21,23,25-27,30-39,41-42,47-48,51-54H,4-20,22H2,1-3H3,(H,43,49)(H,55,56)/t23?,26?,27?,30-,31+,32+,33?,34-,35+,36+,37?,38-,39?,41-,42+/m1/s1. The van der Waals surface area contributed by atoms with Crippen molar-refractivity contribution >= 4 is 17.7 Å². The number of carboxylic acid groups (broad SMARTS) is 1. The number of nitrogens with one attached hydrogen (secondary N) is 1. The molecule has 354 valence electrons. The summed E-state index contributed by atoms with van der Waals surface area (Å²) in [6.07, 6.45) is -6.46. The van der Waals surface area contributed by atoms with Crippen LogP contribution in [0.25, 0.3) is 0 Å². The number of carbonyl (C=O) groups excluding carboxylic acids is 2. The fourth-order valence-corrected chi connectivity index (χ4v) is 9.26. The number of nitrogens with zero attached hydrogens (tertiary/aromatic N) is 3. The van der Waals surface area contributed by atoms with E-state index in [0.717, 1.165) is 37.8 Å². The van der Waals surface area contributed by atoms with Crippen LogP contribution in [0.4, 0.5) is 0 Å². The van der Waals surface area contributed by atoms with Crippen molar-refractivity contribution in [2.75, 3.05) is 26.4 Å². The van der Waals surface area contributed by atoms with Gasteiger partial charge in [-0.3, -0.25) is 9.59 Å². The number of ketones is 1. The van der Waals surface area contributed by atoms with Crippen LogP contribution < -0.4 is 5.32 Å². The normalized spacial score (nSPS) is 35.0. The number of aliphatic hydroxyl groups is 6. The molecule has 20 heteroatoms. The Morgan fingerprint density at radius 3 is 2.37 bits per heavy atom. The smallest absolute Gasteiger partial charge is 0.332 e. The second-order valence-electron chi connectivity index (χ2n) is 17.4. The van der Waals surface area contributed by atoms with Crippen molar-refractivity contribution in [1.29, 1.82) is 0 Å². The number of rotatable bonds is 23. The van der Waals surface area contributed by atoms with Crippen molar-refractivity contribution in [3.63, 3.8) is 0 Å². The van der Waals surface area contributed by atoms with E-state index in [1.165, 1.54) is 13.8 Å². The van der Waals surface area contributed by atoms with Crippen LogP contribution in [-0.2, 0) is 55.8 Å². The van der Waals surface area contributed by atoms with Crippen LogP contribution in [0.5, 0.6) is 0 Å². The van der Waals surface area contributed by atoms with Gasteiger partial charge in [0.25, 0.3) is 0 Å². The molecular weight excluding hydrogens is 816 g/mol. The number of carboxylic acids is 1. The molecular formula is C42H70N4O16. The molecule has 3 heterocycles. The van der Waals surface area contributed by atoms with Gasteiger partial charge >= 0.3 is 5.97 Å². The Morgan fingerprint density at radius 2 is 1.69 bits per heavy atom. The van der Waals surface area contributed by atoms with E-state index in [2.05, 4.69) is 15.6 Å². The second-order valence-corrected chi connectivity index (χ2v) is 17.4. The van der Waals surface area contributed by atoms with Crippen molar-refractivity contribution in [2.24, 2.45) is 17.8 Å². The summed E-state index contributed by atoms with van der Waals surface area (Å²) >= 11 is 0. The predicted molar refractivity (Wildman–Crippen MR) is 216 cm³/mol. The topological polar surface area (TPSA) is 291 Å². The van der Waals surface area contributed by atoms with Crippen LogP contribution in [0.1, 0.15) is 104 Å². The third-order valence-electron chi connectivity index (χ3n) is 12.8. The molecule has 1 amide bonds. The van der Waals surface area contributed by atoms with E-state index in [1.54, 1.807) is 10.9 Å². The minimum atomic E-state index is -1.64. The quantitative estimate of drug-likeness (QED) is 0.0671. The number of aliphatic hydroxyl groups excluding tert-OH is 6. The van der Waals surface area contributed by atoms with Crippen LogP contribution in [0.15, 0.2) is 6.20 Å². The van der Waals surface area contributed by atoms with Crippen molar-refractivity contribution in [1.82, 2.24) is 20.3 Å². The lowest BCUT2D eigenvalue weighted by Gasteiger charge is -2.49. The highest BCUT2D eigenvalue weighted by atomic mass is 16.7. The number of aliphatic carboxylic acids is 1. The third kappa shape index (κ3) is 13.6. The summed E-state index contributed by atoms with van der Waals surface area (Å²) in [7, 11) is 0. The number of carbonyl (C=O) groups is 3. The van der Waals surface area contributed by atoms with Gasteiger partial charge in [0, 0.05) is 38.7 Å². The van der Waals surface area contributed by atoms with Crippen LogP contribution in [0.3, 0.4) is 0 Å². The van der Waals surface area contributed by atoms with E-state index in [1.807, 2.05) is 6.92 Å². The molecule has 0 spiro atoms. The lowest BCUT2D eigenvalue weighted by atomic mass is 9.74. The number of aromatic nitrogens is 3. The first kappa shape index (κ1) is 50.3. The van der Waals surface area contributed by atoms with Gasteiger partial charge in [-0.15, -0.1) is 5.10 Å². The summed E-state index contributed by atoms with van der Waals surface area (Å²) in [4.78, 5) is 39.3. The predicted octanol–water partition coefficient (Wildman–Crippen LogP) is -0.00540. The van der Waals surface area contributed by atoms with Gasteiger partial charge in [-0.05, 0) is 57.3 Å². The molecule has 1 aromatic rings. The van der Waals surface area contributed by atoms with E-state index in [-0.39, 0.29) is 43.5 Å². The average molecular weight is 887 g/mol. The highest BCUT2D eigenvalue weighted by molar-refractivity contribution is 5.81. The van der Waals surface area contributed by atoms with Gasteiger partial charge in [0.05, 0.1) is 43.8 Å². The number of hydrogen-bond donors (Lipinski definition) is 8. The largest absolute Gasteiger partial charge is 0.479 e. The first-order valence-corrected chi connectivity index (χ1v) is 22.4. The second kappa shape index (κ2) is 24.5. The van der Waals surface area contributed by atoms with Crippen molar-refractivity contribution in [3.8, 4) is 0 Å². The fourth-order valence-electron chi connectivity index (χ4n) is 9.26. The number of ether oxygens (including phenoxy) is 6. The van der Waals surface area contributed by atoms with Crippen LogP contribution >= 0.6 is 0 Å². The maximum absolute atomic E-state index is 13.9. The molecule has 15 atom stereocenters. The summed E-state index contributed by atoms with van der Waals surface area (Å²) in [6.45, 7) is 5.17. The summed E-state index contributed by atoms with van der Waals surface area (Å²) in [5.74, 6) is -2.67. The van der Waals surface area contributed by atoms with Gasteiger partial charge in [-0.25, -0.2) is 9.48 Å². The van der Waals surface area contributed by atoms with Crippen molar-refractivity contribution < 1.29 is 78.6 Å². The van der Waals surface area contributed by atoms with Gasteiger partial charge in [0.2, 0.25) is 5.91 Å². The lowest BCUT2D eigenvalue weighted by Crippen LogP contribution is -2.67. The zero-order valence-electron chi connectivity index (χ0n) is 36.2. The summed E-state index contributed by atoms with van der Waals surface area (Å²) in [6, 6.07) is -1.29. The van der Waals surface area contributed by atoms with Gasteiger partial charge in [-0.2, -0.15) is 0 Å².